The molecule has 0 atom stereocenters. The van der Waals surface area contributed by atoms with Crippen molar-refractivity contribution in [3.05, 3.63) is 34.8 Å². The lowest BCUT2D eigenvalue weighted by molar-refractivity contribution is 0.503. The van der Waals surface area contributed by atoms with Crippen molar-refractivity contribution in [2.75, 3.05) is 0 Å². The molecule has 0 saturated heterocycles. The molecule has 2 nitrogen and oxygen atoms in total. The number of nitrogens with zero attached hydrogens (tertiary/aromatic N) is 1. The number of halogens is 1. The quantitative estimate of drug-likeness (QED) is 0.653. The summed E-state index contributed by atoms with van der Waals surface area (Å²) in [7, 11) is 0. The van der Waals surface area contributed by atoms with E-state index in [2.05, 4.69) is 15.9 Å². The van der Waals surface area contributed by atoms with Crippen LogP contribution in [-0.4, -0.2) is 5.11 Å². The Kier molecular flexibility index (Phi) is 5.50. The van der Waals surface area contributed by atoms with Crippen LogP contribution in [0, 0.1) is 11.5 Å². The van der Waals surface area contributed by atoms with E-state index < -0.39 is 0 Å². The van der Waals surface area contributed by atoms with Crippen LogP contribution in [0.5, 0.6) is 0 Å². The third-order valence-corrected chi connectivity index (χ3v) is 1.26. The maximum absolute atomic E-state index is 6.88. The number of benzene rings is 1. The van der Waals surface area contributed by atoms with Gasteiger partial charge in [-0.15, -0.1) is 0 Å². The first-order valence-electron chi connectivity index (χ1n) is 2.55. The zero-order chi connectivity index (χ0) is 7.82. The fraction of sp³-hybridized carbons (Fsp3) is 0. The highest BCUT2D eigenvalue weighted by Crippen LogP contribution is 2.05. The lowest BCUT2D eigenvalue weighted by atomic mass is 10.4. The van der Waals surface area contributed by atoms with Crippen LogP contribution < -0.4 is 0 Å². The van der Waals surface area contributed by atoms with Crippen molar-refractivity contribution in [3.63, 3.8) is 0 Å². The molecule has 0 spiro atoms. The maximum atomic E-state index is 6.88. The van der Waals surface area contributed by atoms with Gasteiger partial charge in [-0.25, -0.2) is 0 Å². The van der Waals surface area contributed by atoms with Crippen LogP contribution in [0.1, 0.15) is 0 Å². The van der Waals surface area contributed by atoms with Crippen molar-refractivity contribution in [2.24, 2.45) is 0 Å². The SMILES string of the molecule is Brc1ccccc1.N#CO. The number of aliphatic hydroxyl groups excluding tert-OH is 1. The van der Waals surface area contributed by atoms with Gasteiger partial charge in [0.25, 0.3) is 6.26 Å². The minimum Gasteiger partial charge on any atom is -0.443 e. The molecule has 10 heavy (non-hydrogen) atoms. The van der Waals surface area contributed by atoms with Crippen LogP contribution in [0.2, 0.25) is 0 Å². The Hall–Kier alpha value is -1.01. The number of nitriles is 1. The fourth-order valence-electron chi connectivity index (χ4n) is 0.415. The first-order chi connectivity index (χ1) is 4.81. The summed E-state index contributed by atoms with van der Waals surface area (Å²) in [6.45, 7) is 0. The van der Waals surface area contributed by atoms with Crippen molar-refractivity contribution in [1.29, 1.82) is 5.26 Å². The number of hydrogen-bond donors (Lipinski definition) is 1. The monoisotopic (exact) mass is 199 g/mol. The molecule has 0 bridgehead atoms. The second-order valence-corrected chi connectivity index (χ2v) is 2.31. The zero-order valence-electron chi connectivity index (χ0n) is 5.16. The molecule has 0 aliphatic carbocycles. The van der Waals surface area contributed by atoms with Gasteiger partial charge in [0.05, 0.1) is 0 Å². The van der Waals surface area contributed by atoms with Gasteiger partial charge in [0, 0.05) is 4.47 Å². The van der Waals surface area contributed by atoms with Crippen LogP contribution >= 0.6 is 15.9 Å². The highest BCUT2D eigenvalue weighted by molar-refractivity contribution is 9.10. The first kappa shape index (κ1) is 8.99. The van der Waals surface area contributed by atoms with Crippen LogP contribution in [0.25, 0.3) is 0 Å². The first-order valence-corrected chi connectivity index (χ1v) is 3.34. The third-order valence-electron chi connectivity index (χ3n) is 0.733. The van der Waals surface area contributed by atoms with E-state index in [4.69, 9.17) is 10.4 Å². The van der Waals surface area contributed by atoms with E-state index in [1.54, 1.807) is 0 Å². The average molecular weight is 200 g/mol. The lowest BCUT2D eigenvalue weighted by Crippen LogP contribution is -1.55. The van der Waals surface area contributed by atoms with Gasteiger partial charge >= 0.3 is 0 Å². The summed E-state index contributed by atoms with van der Waals surface area (Å²) in [4.78, 5) is 0. The Morgan fingerprint density at radius 1 is 1.30 bits per heavy atom. The van der Waals surface area contributed by atoms with E-state index in [1.807, 2.05) is 30.3 Å². The molecule has 52 valence electrons. The molecule has 0 heterocycles. The van der Waals surface area contributed by atoms with Crippen LogP contribution in [-0.2, 0) is 0 Å². The summed E-state index contributed by atoms with van der Waals surface area (Å²) in [6, 6.07) is 9.97. The standard InChI is InChI=1S/C6H5Br.CHNO/c7-6-4-2-1-3-5-6;2-1-3/h1-5H;3H. The molecule has 0 radical (unpaired) electrons. The molecule has 3 heteroatoms. The Morgan fingerprint density at radius 3 is 1.90 bits per heavy atom. The summed E-state index contributed by atoms with van der Waals surface area (Å²) in [5.74, 6) is 0. The Labute approximate surface area is 67.9 Å². The second-order valence-electron chi connectivity index (χ2n) is 1.40. The zero-order valence-corrected chi connectivity index (χ0v) is 6.75. The van der Waals surface area contributed by atoms with Gasteiger partial charge in [0.2, 0.25) is 0 Å². The van der Waals surface area contributed by atoms with Crippen LogP contribution in [0.3, 0.4) is 0 Å². The molecular weight excluding hydrogens is 194 g/mol. The van der Waals surface area contributed by atoms with Crippen LogP contribution in [0.15, 0.2) is 34.8 Å². The van der Waals surface area contributed by atoms with E-state index in [0.717, 1.165) is 10.7 Å². The highest BCUT2D eigenvalue weighted by atomic mass is 79.9. The van der Waals surface area contributed by atoms with Crippen LogP contribution in [0.4, 0.5) is 0 Å². The Bertz CT molecular complexity index is 205. The minimum atomic E-state index is 0.750. The van der Waals surface area contributed by atoms with E-state index in [1.165, 1.54) is 0 Å². The van der Waals surface area contributed by atoms with Crippen molar-refractivity contribution >= 4 is 15.9 Å². The number of rotatable bonds is 0. The van der Waals surface area contributed by atoms with Gasteiger partial charge in [-0.3, -0.25) is 0 Å². The van der Waals surface area contributed by atoms with E-state index >= 15 is 0 Å². The fourth-order valence-corrected chi connectivity index (χ4v) is 0.720. The summed E-state index contributed by atoms with van der Waals surface area (Å²) in [5.41, 5.74) is 0. The van der Waals surface area contributed by atoms with Crippen molar-refractivity contribution in [3.8, 4) is 6.26 Å². The molecule has 1 aromatic carbocycles. The van der Waals surface area contributed by atoms with Crippen molar-refractivity contribution < 1.29 is 5.11 Å². The predicted molar refractivity (Wildman–Crippen MR) is 41.7 cm³/mol. The molecule has 0 aliphatic heterocycles. The van der Waals surface area contributed by atoms with Gasteiger partial charge in [-0.05, 0) is 12.1 Å². The van der Waals surface area contributed by atoms with E-state index in [9.17, 15) is 0 Å². The largest absolute Gasteiger partial charge is 0.443 e. The molecular formula is C7H6BrNO. The summed E-state index contributed by atoms with van der Waals surface area (Å²) < 4.78 is 1.13. The number of hydrogen-bond acceptors (Lipinski definition) is 2. The molecule has 0 aliphatic rings. The topological polar surface area (TPSA) is 44.0 Å². The lowest BCUT2D eigenvalue weighted by Gasteiger charge is -1.80. The minimum absolute atomic E-state index is 0.750. The molecule has 0 saturated carbocycles. The summed E-state index contributed by atoms with van der Waals surface area (Å²) in [5, 5.41) is 13.8. The molecule has 0 aromatic heterocycles. The highest BCUT2D eigenvalue weighted by Gasteiger charge is 1.74. The average Bonchev–Trinajstić information content (AvgIpc) is 1.91. The molecule has 1 rings (SSSR count). The van der Waals surface area contributed by atoms with Gasteiger partial charge in [-0.2, -0.15) is 5.26 Å². The molecule has 0 unspecified atom stereocenters. The maximum Gasteiger partial charge on any atom is 0.283 e. The summed E-state index contributed by atoms with van der Waals surface area (Å²) in [6.07, 6.45) is 0.750. The predicted octanol–water partition coefficient (Wildman–Crippen LogP) is 2.29. The summed E-state index contributed by atoms with van der Waals surface area (Å²) >= 11 is 3.31. The van der Waals surface area contributed by atoms with Gasteiger partial charge in [-0.1, -0.05) is 34.1 Å². The van der Waals surface area contributed by atoms with Gasteiger partial charge in [0.1, 0.15) is 0 Å². The van der Waals surface area contributed by atoms with E-state index in [0.29, 0.717) is 0 Å². The van der Waals surface area contributed by atoms with E-state index in [-0.39, 0.29) is 0 Å². The number of aliphatic hydroxyl groups is 1. The smallest absolute Gasteiger partial charge is 0.283 e. The van der Waals surface area contributed by atoms with Crippen molar-refractivity contribution in [2.45, 2.75) is 0 Å². The third kappa shape index (κ3) is 5.13. The van der Waals surface area contributed by atoms with Crippen molar-refractivity contribution in [1.82, 2.24) is 0 Å². The Balaban J connectivity index is 0.000000236. The molecule has 0 amide bonds. The van der Waals surface area contributed by atoms with Gasteiger partial charge < -0.3 is 5.11 Å². The second kappa shape index (κ2) is 6.12. The Morgan fingerprint density at radius 2 is 1.70 bits per heavy atom. The molecule has 1 aromatic rings. The normalized spacial score (nSPS) is 6.80. The van der Waals surface area contributed by atoms with Gasteiger partial charge in [0.15, 0.2) is 0 Å². The molecule has 1 N–H and O–H groups in total. The molecule has 0 fully saturated rings.